The third-order valence-electron chi connectivity index (χ3n) is 5.62. The summed E-state index contributed by atoms with van der Waals surface area (Å²) < 4.78 is 0. The monoisotopic (exact) mass is 267 g/mol. The zero-order chi connectivity index (χ0) is 14.0. The van der Waals surface area contributed by atoms with Crippen molar-refractivity contribution in [1.82, 2.24) is 4.90 Å². The fraction of sp³-hybridized carbons (Fsp3) is 1.00. The van der Waals surface area contributed by atoms with Gasteiger partial charge in [-0.2, -0.15) is 0 Å². The molecule has 1 N–H and O–H groups in total. The van der Waals surface area contributed by atoms with Crippen molar-refractivity contribution in [2.75, 3.05) is 19.6 Å². The highest BCUT2D eigenvalue weighted by atomic mass is 16.3. The third kappa shape index (κ3) is 3.95. The van der Waals surface area contributed by atoms with Crippen LogP contribution in [0, 0.1) is 23.2 Å². The number of aliphatic hydroxyl groups excluding tert-OH is 1. The predicted octanol–water partition coefficient (Wildman–Crippen LogP) is 3.54. The first-order valence-corrected chi connectivity index (χ1v) is 8.30. The molecule has 0 aromatic carbocycles. The van der Waals surface area contributed by atoms with Gasteiger partial charge in [-0.1, -0.05) is 34.1 Å². The molecular formula is C17H33NO. The molecule has 19 heavy (non-hydrogen) atoms. The highest BCUT2D eigenvalue weighted by Crippen LogP contribution is 2.36. The second-order valence-electron chi connectivity index (χ2n) is 8.03. The zero-order valence-corrected chi connectivity index (χ0v) is 13.4. The largest absolute Gasteiger partial charge is 0.393 e. The molecule has 1 aliphatic carbocycles. The van der Waals surface area contributed by atoms with Gasteiger partial charge < -0.3 is 10.0 Å². The molecule has 1 saturated carbocycles. The summed E-state index contributed by atoms with van der Waals surface area (Å²) in [5.41, 5.74) is 0.436. The van der Waals surface area contributed by atoms with Crippen molar-refractivity contribution >= 4 is 0 Å². The average Bonchev–Trinajstić information content (AvgIpc) is 2.80. The lowest BCUT2D eigenvalue weighted by Crippen LogP contribution is -2.38. The van der Waals surface area contributed by atoms with E-state index in [0.717, 1.165) is 24.8 Å². The lowest BCUT2D eigenvalue weighted by Gasteiger charge is -2.35. The Kier molecular flexibility index (Phi) is 4.94. The summed E-state index contributed by atoms with van der Waals surface area (Å²) >= 11 is 0. The molecule has 112 valence electrons. The molecule has 0 amide bonds. The molecule has 0 spiro atoms. The predicted molar refractivity (Wildman–Crippen MR) is 81.1 cm³/mol. The van der Waals surface area contributed by atoms with Crippen molar-refractivity contribution in [2.45, 2.75) is 65.9 Å². The van der Waals surface area contributed by atoms with Crippen molar-refractivity contribution in [2.24, 2.45) is 23.2 Å². The van der Waals surface area contributed by atoms with E-state index < -0.39 is 0 Å². The van der Waals surface area contributed by atoms with Crippen molar-refractivity contribution in [3.05, 3.63) is 0 Å². The number of hydrogen-bond donors (Lipinski definition) is 1. The van der Waals surface area contributed by atoms with E-state index in [0.29, 0.717) is 11.3 Å². The molecule has 0 aromatic rings. The number of hydrogen-bond acceptors (Lipinski definition) is 2. The number of aliphatic hydroxyl groups is 1. The van der Waals surface area contributed by atoms with Crippen LogP contribution < -0.4 is 0 Å². The van der Waals surface area contributed by atoms with E-state index in [1.165, 1.54) is 38.8 Å². The normalized spacial score (nSPS) is 37.7. The van der Waals surface area contributed by atoms with Gasteiger partial charge in [0, 0.05) is 13.1 Å². The van der Waals surface area contributed by atoms with Gasteiger partial charge in [-0.25, -0.2) is 0 Å². The maximum Gasteiger partial charge on any atom is 0.0580 e. The van der Waals surface area contributed by atoms with Crippen molar-refractivity contribution in [3.8, 4) is 0 Å². The molecule has 1 aliphatic heterocycles. The zero-order valence-electron chi connectivity index (χ0n) is 13.4. The molecule has 2 rings (SSSR count). The summed E-state index contributed by atoms with van der Waals surface area (Å²) in [6, 6.07) is 0. The Hall–Kier alpha value is -0.0800. The summed E-state index contributed by atoms with van der Waals surface area (Å²) in [5.74, 6) is 2.21. The molecule has 2 fully saturated rings. The smallest absolute Gasteiger partial charge is 0.0580 e. The fourth-order valence-corrected chi connectivity index (χ4v) is 3.95. The van der Waals surface area contributed by atoms with Crippen LogP contribution in [0.1, 0.15) is 59.8 Å². The van der Waals surface area contributed by atoms with Crippen LogP contribution >= 0.6 is 0 Å². The number of likely N-dealkylation sites (tertiary alicyclic amines) is 1. The molecule has 2 heteroatoms. The van der Waals surface area contributed by atoms with Crippen molar-refractivity contribution in [1.29, 1.82) is 0 Å². The summed E-state index contributed by atoms with van der Waals surface area (Å²) in [7, 11) is 0. The Morgan fingerprint density at radius 2 is 1.89 bits per heavy atom. The van der Waals surface area contributed by atoms with Crippen LogP contribution in [0.15, 0.2) is 0 Å². The minimum Gasteiger partial charge on any atom is -0.393 e. The third-order valence-corrected chi connectivity index (χ3v) is 5.62. The molecule has 4 unspecified atom stereocenters. The van der Waals surface area contributed by atoms with E-state index in [-0.39, 0.29) is 6.10 Å². The molecule has 1 heterocycles. The van der Waals surface area contributed by atoms with Crippen molar-refractivity contribution in [3.63, 3.8) is 0 Å². The Labute approximate surface area is 119 Å². The lowest BCUT2D eigenvalue weighted by molar-refractivity contribution is 0.0292. The van der Waals surface area contributed by atoms with Gasteiger partial charge in [-0.05, 0) is 55.4 Å². The van der Waals surface area contributed by atoms with Crippen LogP contribution in [-0.4, -0.2) is 35.7 Å². The summed E-state index contributed by atoms with van der Waals surface area (Å²) in [5, 5.41) is 10.2. The van der Waals surface area contributed by atoms with Crippen molar-refractivity contribution < 1.29 is 5.11 Å². The Balaban J connectivity index is 1.84. The van der Waals surface area contributed by atoms with Gasteiger partial charge in [0.1, 0.15) is 0 Å². The first-order valence-electron chi connectivity index (χ1n) is 8.30. The molecule has 2 nitrogen and oxygen atoms in total. The molecule has 2 aliphatic rings. The summed E-state index contributed by atoms with van der Waals surface area (Å²) in [6.07, 6.45) is 6.08. The van der Waals surface area contributed by atoms with Gasteiger partial charge in [-0.3, -0.25) is 0 Å². The van der Waals surface area contributed by atoms with Gasteiger partial charge in [0.2, 0.25) is 0 Å². The topological polar surface area (TPSA) is 23.5 Å². The van der Waals surface area contributed by atoms with Crippen LogP contribution in [0.25, 0.3) is 0 Å². The highest BCUT2D eigenvalue weighted by Gasteiger charge is 2.35. The van der Waals surface area contributed by atoms with E-state index in [9.17, 15) is 5.11 Å². The van der Waals surface area contributed by atoms with E-state index in [4.69, 9.17) is 0 Å². The van der Waals surface area contributed by atoms with Crippen LogP contribution in [0.4, 0.5) is 0 Å². The van der Waals surface area contributed by atoms with Gasteiger partial charge in [0.15, 0.2) is 0 Å². The minimum absolute atomic E-state index is 0.0449. The minimum atomic E-state index is -0.0449. The van der Waals surface area contributed by atoms with Crippen LogP contribution in [-0.2, 0) is 0 Å². The van der Waals surface area contributed by atoms with Gasteiger partial charge in [0.05, 0.1) is 6.10 Å². The Bertz CT molecular complexity index is 283. The second-order valence-corrected chi connectivity index (χ2v) is 8.03. The quantitative estimate of drug-likeness (QED) is 0.845. The van der Waals surface area contributed by atoms with Gasteiger partial charge in [0.25, 0.3) is 0 Å². The van der Waals surface area contributed by atoms with Crippen LogP contribution in [0.5, 0.6) is 0 Å². The first kappa shape index (κ1) is 15.3. The van der Waals surface area contributed by atoms with E-state index >= 15 is 0 Å². The lowest BCUT2D eigenvalue weighted by atomic mass is 9.78. The van der Waals surface area contributed by atoms with E-state index in [1.54, 1.807) is 0 Å². The molecule has 0 aromatic heterocycles. The first-order chi connectivity index (χ1) is 8.90. The molecule has 0 radical (unpaired) electrons. The molecule has 1 saturated heterocycles. The Morgan fingerprint density at radius 1 is 1.16 bits per heavy atom. The highest BCUT2D eigenvalue weighted by molar-refractivity contribution is 4.87. The van der Waals surface area contributed by atoms with Crippen LogP contribution in [0.2, 0.25) is 0 Å². The van der Waals surface area contributed by atoms with E-state index in [2.05, 4.69) is 32.6 Å². The maximum atomic E-state index is 10.2. The fourth-order valence-electron chi connectivity index (χ4n) is 3.95. The average molecular weight is 267 g/mol. The van der Waals surface area contributed by atoms with Crippen LogP contribution in [0.3, 0.4) is 0 Å². The standard InChI is InChI=1S/C17H33NO/c1-5-13-6-7-16(19)14(10-13)11-18-9-8-15(12-18)17(2,3)4/h13-16,19H,5-12H2,1-4H3. The maximum absolute atomic E-state index is 10.2. The Morgan fingerprint density at radius 3 is 2.47 bits per heavy atom. The molecule has 4 atom stereocenters. The number of rotatable bonds is 3. The van der Waals surface area contributed by atoms with Gasteiger partial charge in [-0.15, -0.1) is 0 Å². The summed E-state index contributed by atoms with van der Waals surface area (Å²) in [4.78, 5) is 2.61. The second kappa shape index (κ2) is 6.13. The molecule has 0 bridgehead atoms. The van der Waals surface area contributed by atoms with Gasteiger partial charge >= 0.3 is 0 Å². The molecular weight excluding hydrogens is 234 g/mol. The SMILES string of the molecule is CCC1CCC(O)C(CN2CCC(C(C)(C)C)C2)C1. The van der Waals surface area contributed by atoms with E-state index in [1.807, 2.05) is 0 Å². The summed E-state index contributed by atoms with van der Waals surface area (Å²) in [6.45, 7) is 13.0. The number of nitrogens with zero attached hydrogens (tertiary/aromatic N) is 1.